The van der Waals surface area contributed by atoms with E-state index in [1.165, 1.54) is 30.4 Å². The number of rotatable bonds is 3. The van der Waals surface area contributed by atoms with Crippen molar-refractivity contribution in [3.8, 4) is 0 Å². The molecule has 0 bridgehead atoms. The molecule has 2 aliphatic carbocycles. The Kier molecular flexibility index (Phi) is 2.86. The van der Waals surface area contributed by atoms with Gasteiger partial charge in [-0.15, -0.1) is 0 Å². The summed E-state index contributed by atoms with van der Waals surface area (Å²) in [5.41, 5.74) is 2.86. The third kappa shape index (κ3) is 2.13. The number of hydrogen-bond acceptors (Lipinski definition) is 4. The van der Waals surface area contributed by atoms with Gasteiger partial charge in [0.1, 0.15) is 6.61 Å². The van der Waals surface area contributed by atoms with E-state index in [2.05, 4.69) is 34.5 Å². The molecule has 3 aliphatic heterocycles. The number of cyclic esters (lactones) is 1. The molecule has 5 nitrogen and oxygen atoms in total. The number of nitrogens with one attached hydrogen (secondary N) is 1. The largest absolute Gasteiger partial charge is 0.464 e. The van der Waals surface area contributed by atoms with E-state index in [4.69, 9.17) is 4.74 Å². The average molecular weight is 352 g/mol. The number of ether oxygens (including phenoxy) is 1. The summed E-state index contributed by atoms with van der Waals surface area (Å²) in [6.07, 6.45) is 4.99. The van der Waals surface area contributed by atoms with Crippen LogP contribution in [0.15, 0.2) is 24.3 Å². The molecule has 5 fully saturated rings. The number of likely N-dealkylation sites (tertiary alicyclic amines) is 1. The van der Waals surface area contributed by atoms with Crippen molar-refractivity contribution in [2.24, 2.45) is 5.92 Å². The second-order valence-electron chi connectivity index (χ2n) is 9.19. The van der Waals surface area contributed by atoms with Gasteiger partial charge in [0.25, 0.3) is 0 Å². The lowest BCUT2D eigenvalue weighted by atomic mass is 9.80. The molecular formula is C21H24N2O3. The van der Waals surface area contributed by atoms with Crippen molar-refractivity contribution in [2.45, 2.75) is 55.0 Å². The minimum atomic E-state index is -0.268. The standard InChI is InChI=1S/C21H24N2O3/c24-18-9-20(12-26-18)8-17(22-20)19(25)23-10-16-7-21(16,11-23)15-3-1-2-14(6-15)13-4-5-13/h1-3,6,13,16-17,22H,4-5,7-12H2/t16?,17-,20-,21?/m0/s1. The van der Waals surface area contributed by atoms with Crippen LogP contribution in [-0.2, 0) is 19.7 Å². The maximum absolute atomic E-state index is 12.9. The van der Waals surface area contributed by atoms with Crippen molar-refractivity contribution >= 4 is 11.9 Å². The monoisotopic (exact) mass is 352 g/mol. The van der Waals surface area contributed by atoms with Gasteiger partial charge < -0.3 is 9.64 Å². The van der Waals surface area contributed by atoms with E-state index in [0.717, 1.165) is 25.4 Å². The fourth-order valence-electron chi connectivity index (χ4n) is 5.55. The molecule has 3 saturated heterocycles. The molecule has 4 atom stereocenters. The Balaban J connectivity index is 1.14. The first-order chi connectivity index (χ1) is 12.6. The molecule has 6 rings (SSSR count). The maximum atomic E-state index is 12.9. The number of carbonyl (C=O) groups is 2. The molecule has 2 saturated carbocycles. The normalized spacial score (nSPS) is 40.3. The van der Waals surface area contributed by atoms with Crippen molar-refractivity contribution in [3.63, 3.8) is 0 Å². The number of hydrogen-bond donors (Lipinski definition) is 1. The van der Waals surface area contributed by atoms with Crippen LogP contribution < -0.4 is 5.32 Å². The van der Waals surface area contributed by atoms with Gasteiger partial charge in [-0.3, -0.25) is 14.9 Å². The Morgan fingerprint density at radius 3 is 2.85 bits per heavy atom. The molecule has 1 aromatic rings. The molecule has 5 heteroatoms. The Morgan fingerprint density at radius 2 is 2.12 bits per heavy atom. The number of nitrogens with zero attached hydrogens (tertiary/aromatic N) is 1. The molecule has 1 amide bonds. The van der Waals surface area contributed by atoms with Crippen LogP contribution in [0, 0.1) is 5.92 Å². The number of amides is 1. The minimum absolute atomic E-state index is 0.142. The van der Waals surface area contributed by atoms with Crippen LogP contribution in [0.4, 0.5) is 0 Å². The van der Waals surface area contributed by atoms with Gasteiger partial charge in [0.15, 0.2) is 0 Å². The van der Waals surface area contributed by atoms with Gasteiger partial charge in [-0.2, -0.15) is 0 Å². The maximum Gasteiger partial charge on any atom is 0.307 e. The van der Waals surface area contributed by atoms with Crippen molar-refractivity contribution in [1.29, 1.82) is 0 Å². The fraction of sp³-hybridized carbons (Fsp3) is 0.619. The third-order valence-corrected chi connectivity index (χ3v) is 7.33. The van der Waals surface area contributed by atoms with Crippen LogP contribution in [-0.4, -0.2) is 48.1 Å². The summed E-state index contributed by atoms with van der Waals surface area (Å²) in [6.45, 7) is 2.15. The molecule has 1 N–H and O–H groups in total. The quantitative estimate of drug-likeness (QED) is 0.842. The second-order valence-corrected chi connectivity index (χ2v) is 9.19. The minimum Gasteiger partial charge on any atom is -0.464 e. The summed E-state index contributed by atoms with van der Waals surface area (Å²) >= 11 is 0. The third-order valence-electron chi connectivity index (χ3n) is 7.33. The van der Waals surface area contributed by atoms with Crippen LogP contribution in [0.25, 0.3) is 0 Å². The summed E-state index contributed by atoms with van der Waals surface area (Å²) < 4.78 is 5.07. The Hall–Kier alpha value is -1.88. The SMILES string of the molecule is O=C1C[C@]2(CO1)C[C@@H](C(=O)N1CC3CC3(c3cccc(C4CC4)c3)C1)N2. The van der Waals surface area contributed by atoms with Crippen LogP contribution in [0.5, 0.6) is 0 Å². The van der Waals surface area contributed by atoms with Gasteiger partial charge in [-0.05, 0) is 48.6 Å². The smallest absolute Gasteiger partial charge is 0.307 e. The number of carbonyl (C=O) groups excluding carboxylic acids is 2. The van der Waals surface area contributed by atoms with Crippen molar-refractivity contribution in [3.05, 3.63) is 35.4 Å². The van der Waals surface area contributed by atoms with Crippen LogP contribution in [0.1, 0.15) is 49.1 Å². The molecule has 0 aromatic heterocycles. The van der Waals surface area contributed by atoms with Gasteiger partial charge in [-0.1, -0.05) is 24.3 Å². The van der Waals surface area contributed by atoms with Gasteiger partial charge in [0.05, 0.1) is 18.0 Å². The lowest BCUT2D eigenvalue weighted by molar-refractivity contribution is -0.138. The summed E-state index contributed by atoms with van der Waals surface area (Å²) in [5.74, 6) is 1.45. The molecule has 5 aliphatic rings. The Morgan fingerprint density at radius 1 is 1.27 bits per heavy atom. The van der Waals surface area contributed by atoms with Crippen LogP contribution in [0.3, 0.4) is 0 Å². The highest BCUT2D eigenvalue weighted by molar-refractivity contribution is 5.85. The number of esters is 1. The second kappa shape index (κ2) is 4.89. The lowest BCUT2D eigenvalue weighted by Gasteiger charge is -2.45. The van der Waals surface area contributed by atoms with E-state index < -0.39 is 0 Å². The van der Waals surface area contributed by atoms with Gasteiger partial charge in [0, 0.05) is 18.5 Å². The van der Waals surface area contributed by atoms with E-state index >= 15 is 0 Å². The first-order valence-corrected chi connectivity index (χ1v) is 9.90. The molecule has 1 spiro atoms. The first-order valence-electron chi connectivity index (χ1n) is 9.90. The van der Waals surface area contributed by atoms with Gasteiger partial charge in [-0.25, -0.2) is 0 Å². The molecular weight excluding hydrogens is 328 g/mol. The lowest BCUT2D eigenvalue weighted by Crippen LogP contribution is -2.68. The highest BCUT2D eigenvalue weighted by Gasteiger charge is 2.63. The van der Waals surface area contributed by atoms with E-state index in [0.29, 0.717) is 18.9 Å². The molecule has 2 unspecified atom stereocenters. The van der Waals surface area contributed by atoms with Crippen molar-refractivity contribution in [1.82, 2.24) is 10.2 Å². The molecule has 1 aromatic carbocycles. The van der Waals surface area contributed by atoms with Gasteiger partial charge >= 0.3 is 5.97 Å². The Bertz CT molecular complexity index is 811. The molecule has 0 radical (unpaired) electrons. The summed E-state index contributed by atoms with van der Waals surface area (Å²) in [6, 6.07) is 8.99. The number of fused-ring (bicyclic) bond motifs is 1. The predicted molar refractivity (Wildman–Crippen MR) is 94.6 cm³/mol. The van der Waals surface area contributed by atoms with Crippen LogP contribution in [0.2, 0.25) is 0 Å². The topological polar surface area (TPSA) is 58.6 Å². The summed E-state index contributed by atoms with van der Waals surface area (Å²) in [7, 11) is 0. The van der Waals surface area contributed by atoms with Gasteiger partial charge in [0.2, 0.25) is 5.91 Å². The van der Waals surface area contributed by atoms with E-state index in [1.807, 2.05) is 0 Å². The zero-order valence-corrected chi connectivity index (χ0v) is 14.9. The zero-order chi connectivity index (χ0) is 17.5. The highest BCUT2D eigenvalue weighted by Crippen LogP contribution is 2.59. The molecule has 3 heterocycles. The molecule has 26 heavy (non-hydrogen) atoms. The summed E-state index contributed by atoms with van der Waals surface area (Å²) in [4.78, 5) is 26.3. The molecule has 136 valence electrons. The fourth-order valence-corrected chi connectivity index (χ4v) is 5.55. The predicted octanol–water partition coefficient (Wildman–Crippen LogP) is 1.71. The Labute approximate surface area is 153 Å². The number of piperidine rings is 1. The van der Waals surface area contributed by atoms with E-state index in [-0.39, 0.29) is 28.9 Å². The highest BCUT2D eigenvalue weighted by atomic mass is 16.5. The number of benzene rings is 1. The van der Waals surface area contributed by atoms with Crippen LogP contribution >= 0.6 is 0 Å². The summed E-state index contributed by atoms with van der Waals surface area (Å²) in [5, 5.41) is 3.34. The van der Waals surface area contributed by atoms with Crippen molar-refractivity contribution < 1.29 is 14.3 Å². The average Bonchev–Trinajstić information content (AvgIpc) is 3.52. The zero-order valence-electron chi connectivity index (χ0n) is 14.9. The van der Waals surface area contributed by atoms with Crippen molar-refractivity contribution in [2.75, 3.05) is 19.7 Å². The first kappa shape index (κ1) is 15.2. The van der Waals surface area contributed by atoms with E-state index in [1.54, 1.807) is 0 Å². The van der Waals surface area contributed by atoms with E-state index in [9.17, 15) is 9.59 Å².